The van der Waals surface area contributed by atoms with Crippen LogP contribution in [-0.4, -0.2) is 57.0 Å². The van der Waals surface area contributed by atoms with Gasteiger partial charge in [-0.2, -0.15) is 0 Å². The lowest BCUT2D eigenvalue weighted by Crippen LogP contribution is -2.32. The molecule has 0 fully saturated rings. The van der Waals surface area contributed by atoms with E-state index in [0.29, 0.717) is 43.2 Å². The maximum atomic E-state index is 12.8. The second kappa shape index (κ2) is 17.2. The molecule has 0 spiro atoms. The molecule has 0 bridgehead atoms. The van der Waals surface area contributed by atoms with Crippen LogP contribution in [0.3, 0.4) is 0 Å². The van der Waals surface area contributed by atoms with Gasteiger partial charge in [-0.3, -0.25) is 4.72 Å². The fourth-order valence-corrected chi connectivity index (χ4v) is 5.13. The molecule has 3 aromatic rings. The Morgan fingerprint density at radius 3 is 2.21 bits per heavy atom. The number of benzene rings is 3. The third kappa shape index (κ3) is 12.0. The van der Waals surface area contributed by atoms with Crippen molar-refractivity contribution in [3.63, 3.8) is 0 Å². The summed E-state index contributed by atoms with van der Waals surface area (Å²) in [6.45, 7) is 3.86. The molecule has 3 rings (SSSR count). The van der Waals surface area contributed by atoms with Gasteiger partial charge in [-0.25, -0.2) is 13.2 Å². The van der Waals surface area contributed by atoms with E-state index in [0.717, 1.165) is 18.4 Å². The molecule has 2 amide bonds. The van der Waals surface area contributed by atoms with Gasteiger partial charge in [-0.1, -0.05) is 44.7 Å². The number of hydrogen-bond acceptors (Lipinski definition) is 7. The predicted molar refractivity (Wildman–Crippen MR) is 166 cm³/mol. The molecular weight excluding hydrogens is 556 g/mol. The lowest BCUT2D eigenvalue weighted by atomic mass is 10.1. The average molecular weight is 599 g/mol. The molecule has 0 radical (unpaired) electrons. The summed E-state index contributed by atoms with van der Waals surface area (Å²) in [7, 11) is -3.80. The lowest BCUT2D eigenvalue weighted by Gasteiger charge is -2.13. The first-order valence-corrected chi connectivity index (χ1v) is 15.8. The third-order valence-corrected chi connectivity index (χ3v) is 7.84. The number of unbranched alkanes of at least 4 members (excludes halogenated alkanes) is 4. The van der Waals surface area contributed by atoms with E-state index in [4.69, 9.17) is 4.74 Å². The second-order valence-electron chi connectivity index (χ2n) is 10.0. The summed E-state index contributed by atoms with van der Waals surface area (Å²) in [5.41, 5.74) is 1.96. The van der Waals surface area contributed by atoms with E-state index in [-0.39, 0.29) is 23.3 Å². The number of aromatic hydroxyl groups is 1. The maximum absolute atomic E-state index is 12.8. The Morgan fingerprint density at radius 2 is 1.52 bits per heavy atom. The van der Waals surface area contributed by atoms with Crippen LogP contribution in [0.25, 0.3) is 0 Å². The molecule has 11 heteroatoms. The minimum Gasteiger partial charge on any atom is -0.508 e. The van der Waals surface area contributed by atoms with E-state index in [1.54, 1.807) is 36.4 Å². The van der Waals surface area contributed by atoms with Crippen molar-refractivity contribution < 1.29 is 28.2 Å². The summed E-state index contributed by atoms with van der Waals surface area (Å²) in [6, 6.07) is 19.1. The number of amides is 2. The van der Waals surface area contributed by atoms with Crippen LogP contribution in [0.15, 0.2) is 77.7 Å². The molecule has 0 aromatic heterocycles. The number of phenols is 1. The minimum atomic E-state index is -3.80. The number of urea groups is 1. The van der Waals surface area contributed by atoms with Crippen LogP contribution >= 0.6 is 0 Å². The van der Waals surface area contributed by atoms with Crippen molar-refractivity contribution in [2.24, 2.45) is 0 Å². The van der Waals surface area contributed by atoms with Crippen molar-refractivity contribution in [2.45, 2.75) is 56.4 Å². The molecule has 0 saturated heterocycles. The highest BCUT2D eigenvalue weighted by molar-refractivity contribution is 7.92. The number of carbonyl (C=O) groups is 1. The SMILES string of the molecule is CCCCCCCNC(=O)Nc1ccc(S(=O)(=O)Nc2ccc(CCNC[C@H](O)COc3ccc(O)cc3)cc2)cc1. The fraction of sp³-hybridized carbons (Fsp3) is 0.387. The smallest absolute Gasteiger partial charge is 0.319 e. The van der Waals surface area contributed by atoms with Crippen molar-refractivity contribution >= 4 is 27.4 Å². The molecule has 0 saturated carbocycles. The van der Waals surface area contributed by atoms with Gasteiger partial charge in [0.1, 0.15) is 24.2 Å². The van der Waals surface area contributed by atoms with Crippen LogP contribution in [0.5, 0.6) is 11.5 Å². The van der Waals surface area contributed by atoms with Crippen LogP contribution in [0.4, 0.5) is 16.2 Å². The third-order valence-electron chi connectivity index (χ3n) is 6.44. The number of nitrogens with one attached hydrogen (secondary N) is 4. The molecule has 0 aliphatic carbocycles. The molecule has 0 heterocycles. The monoisotopic (exact) mass is 598 g/mol. The van der Waals surface area contributed by atoms with E-state index in [2.05, 4.69) is 27.6 Å². The summed E-state index contributed by atoms with van der Waals surface area (Å²) in [4.78, 5) is 12.2. The topological polar surface area (TPSA) is 149 Å². The van der Waals surface area contributed by atoms with Gasteiger partial charge in [0.05, 0.1) is 4.90 Å². The molecule has 228 valence electrons. The second-order valence-corrected chi connectivity index (χ2v) is 11.7. The van der Waals surface area contributed by atoms with Crippen LogP contribution in [0.2, 0.25) is 0 Å². The van der Waals surface area contributed by atoms with Crippen molar-refractivity contribution in [1.29, 1.82) is 0 Å². The number of phenolic OH excluding ortho intramolecular Hbond substituents is 1. The average Bonchev–Trinajstić information content (AvgIpc) is 2.98. The predicted octanol–water partition coefficient (Wildman–Crippen LogP) is 4.86. The zero-order chi connectivity index (χ0) is 30.2. The molecule has 3 aromatic carbocycles. The van der Waals surface area contributed by atoms with Crippen molar-refractivity contribution in [3.8, 4) is 11.5 Å². The highest BCUT2D eigenvalue weighted by Crippen LogP contribution is 2.19. The Kier molecular flexibility index (Phi) is 13.4. The normalized spacial score (nSPS) is 12.0. The first-order valence-electron chi connectivity index (χ1n) is 14.3. The van der Waals surface area contributed by atoms with Gasteiger partial charge >= 0.3 is 6.03 Å². The van der Waals surface area contributed by atoms with Crippen LogP contribution < -0.4 is 25.4 Å². The van der Waals surface area contributed by atoms with Gasteiger partial charge in [0.15, 0.2) is 0 Å². The van der Waals surface area contributed by atoms with Gasteiger partial charge in [0.25, 0.3) is 10.0 Å². The number of aliphatic hydroxyl groups is 1. The summed E-state index contributed by atoms with van der Waals surface area (Å²) < 4.78 is 33.7. The van der Waals surface area contributed by atoms with E-state index >= 15 is 0 Å². The Morgan fingerprint density at radius 1 is 0.857 bits per heavy atom. The summed E-state index contributed by atoms with van der Waals surface area (Å²) in [6.07, 6.45) is 5.56. The molecule has 6 N–H and O–H groups in total. The van der Waals surface area contributed by atoms with Crippen LogP contribution in [-0.2, 0) is 16.4 Å². The highest BCUT2D eigenvalue weighted by Gasteiger charge is 2.14. The van der Waals surface area contributed by atoms with Gasteiger partial charge in [0.2, 0.25) is 0 Å². The van der Waals surface area contributed by atoms with E-state index in [1.165, 1.54) is 43.5 Å². The van der Waals surface area contributed by atoms with Gasteiger partial charge in [-0.15, -0.1) is 0 Å². The molecule has 42 heavy (non-hydrogen) atoms. The largest absolute Gasteiger partial charge is 0.508 e. The van der Waals surface area contributed by atoms with E-state index in [1.807, 2.05) is 12.1 Å². The molecule has 0 aliphatic heterocycles. The Labute approximate surface area is 248 Å². The zero-order valence-electron chi connectivity index (χ0n) is 24.0. The van der Waals surface area contributed by atoms with E-state index < -0.39 is 16.1 Å². The van der Waals surface area contributed by atoms with Gasteiger partial charge in [0, 0.05) is 24.5 Å². The standard InChI is InChI=1S/C31H42N4O6S/c1-2-3-4-5-6-20-33-31(38)34-25-11-17-30(18-12-25)42(39,40)35-26-9-7-24(8-10-26)19-21-32-22-28(37)23-41-29-15-13-27(36)14-16-29/h7-18,28,32,35-37H,2-6,19-23H2,1H3,(H2,33,34,38)/t28-/m0/s1. The Balaban J connectivity index is 1.36. The summed E-state index contributed by atoms with van der Waals surface area (Å²) >= 11 is 0. The molecule has 0 unspecified atom stereocenters. The first kappa shape index (κ1) is 32.7. The van der Waals surface area contributed by atoms with Gasteiger partial charge < -0.3 is 30.9 Å². The Hall–Kier alpha value is -3.80. The number of ether oxygens (including phenoxy) is 1. The van der Waals surface area contributed by atoms with E-state index in [9.17, 15) is 23.4 Å². The number of sulfonamides is 1. The Bertz CT molecular complexity index is 1320. The molecular formula is C31H42N4O6S. The van der Waals surface area contributed by atoms with Crippen molar-refractivity contribution in [3.05, 3.63) is 78.4 Å². The lowest BCUT2D eigenvalue weighted by molar-refractivity contribution is 0.106. The highest BCUT2D eigenvalue weighted by atomic mass is 32.2. The molecule has 10 nitrogen and oxygen atoms in total. The molecule has 0 aliphatic rings. The van der Waals surface area contributed by atoms with Crippen LogP contribution in [0, 0.1) is 0 Å². The minimum absolute atomic E-state index is 0.0885. The summed E-state index contributed by atoms with van der Waals surface area (Å²) in [5.74, 6) is 0.722. The number of anilines is 2. The maximum Gasteiger partial charge on any atom is 0.319 e. The van der Waals surface area contributed by atoms with Crippen LogP contribution in [0.1, 0.15) is 44.6 Å². The zero-order valence-corrected chi connectivity index (χ0v) is 24.8. The fourth-order valence-electron chi connectivity index (χ4n) is 4.07. The number of rotatable bonds is 18. The molecule has 1 atom stereocenters. The first-order chi connectivity index (χ1) is 20.2. The van der Waals surface area contributed by atoms with Gasteiger partial charge in [-0.05, 0) is 85.6 Å². The quantitative estimate of drug-likeness (QED) is 0.115. The van der Waals surface area contributed by atoms with Crippen molar-refractivity contribution in [2.75, 3.05) is 36.3 Å². The number of carbonyl (C=O) groups excluding carboxylic acids is 1. The summed E-state index contributed by atoms with van der Waals surface area (Å²) in [5, 5.41) is 28.1. The van der Waals surface area contributed by atoms with Crippen molar-refractivity contribution in [1.82, 2.24) is 10.6 Å². The number of hydrogen-bond donors (Lipinski definition) is 6. The number of aliphatic hydroxyl groups excluding tert-OH is 1.